The number of para-hydroxylation sites is 1. The first-order valence-electron chi connectivity index (χ1n) is 11.4. The zero-order chi connectivity index (χ0) is 25.0. The van der Waals surface area contributed by atoms with E-state index in [-0.39, 0.29) is 23.8 Å². The van der Waals surface area contributed by atoms with Gasteiger partial charge in [0.1, 0.15) is 15.8 Å². The summed E-state index contributed by atoms with van der Waals surface area (Å²) in [5.41, 5.74) is 4.89. The van der Waals surface area contributed by atoms with Crippen molar-refractivity contribution >= 4 is 38.8 Å². The second-order valence-corrected chi connectivity index (χ2v) is 9.75. The van der Waals surface area contributed by atoms with Crippen molar-refractivity contribution in [3.8, 4) is 16.9 Å². The van der Waals surface area contributed by atoms with E-state index in [9.17, 15) is 8.42 Å². The Morgan fingerprint density at radius 2 is 1.43 bits per heavy atom. The van der Waals surface area contributed by atoms with Crippen LogP contribution in [0.5, 0.6) is 5.75 Å². The molecule has 0 fully saturated rings. The van der Waals surface area contributed by atoms with Crippen LogP contribution in [-0.4, -0.2) is 20.5 Å². The molecule has 0 spiro atoms. The molecular formula is C30H23LiN2O3S. The molecule has 0 amide bonds. The van der Waals surface area contributed by atoms with Gasteiger partial charge in [-0.25, -0.2) is 13.4 Å². The van der Waals surface area contributed by atoms with Gasteiger partial charge in [-0.15, -0.1) is 5.69 Å². The fourth-order valence-electron chi connectivity index (χ4n) is 3.84. The molecule has 0 atom stereocenters. The summed E-state index contributed by atoms with van der Waals surface area (Å²) in [6.45, 7) is 0. The van der Waals surface area contributed by atoms with E-state index >= 15 is 0 Å². The van der Waals surface area contributed by atoms with E-state index in [1.165, 1.54) is 24.8 Å². The number of rotatable bonds is 7. The maximum Gasteiger partial charge on any atom is 1.00 e. The van der Waals surface area contributed by atoms with E-state index in [0.717, 1.165) is 16.5 Å². The molecule has 0 aliphatic heterocycles. The normalized spacial score (nSPS) is 11.3. The summed E-state index contributed by atoms with van der Waals surface area (Å²) in [7, 11) is -2.38. The van der Waals surface area contributed by atoms with Crippen LogP contribution in [0.1, 0.15) is 11.3 Å². The first-order chi connectivity index (χ1) is 17.5. The topological polar surface area (TPSA) is 70.4 Å². The Bertz CT molecular complexity index is 1640. The van der Waals surface area contributed by atoms with E-state index in [1.807, 2.05) is 48.6 Å². The summed E-state index contributed by atoms with van der Waals surface area (Å²) in [4.78, 5) is 4.79. The minimum atomic E-state index is -3.91. The minimum Gasteiger partial charge on any atom is -0.571 e. The Hall–Kier alpha value is -3.82. The molecule has 0 unspecified atom stereocenters. The summed E-state index contributed by atoms with van der Waals surface area (Å²) >= 11 is 0. The first kappa shape index (κ1) is 26.2. The molecule has 0 aliphatic carbocycles. The average Bonchev–Trinajstić information content (AvgIpc) is 2.93. The van der Waals surface area contributed by atoms with Gasteiger partial charge in [-0.3, -0.25) is 0 Å². The zero-order valence-electron chi connectivity index (χ0n) is 20.6. The Kier molecular flexibility index (Phi) is 8.15. The molecule has 7 heteroatoms. The van der Waals surface area contributed by atoms with Gasteiger partial charge in [0, 0.05) is 0 Å². The van der Waals surface area contributed by atoms with Crippen molar-refractivity contribution in [2.24, 2.45) is 0 Å². The number of ether oxygens (including phenoxy) is 1. The monoisotopic (exact) mass is 498 g/mol. The van der Waals surface area contributed by atoms with Gasteiger partial charge < -0.3 is 9.46 Å². The van der Waals surface area contributed by atoms with Crippen LogP contribution in [-0.2, 0) is 10.0 Å². The van der Waals surface area contributed by atoms with Gasteiger partial charge in [0.25, 0.3) is 0 Å². The third-order valence-electron chi connectivity index (χ3n) is 5.76. The van der Waals surface area contributed by atoms with Crippen LogP contribution >= 0.6 is 0 Å². The van der Waals surface area contributed by atoms with Crippen molar-refractivity contribution in [1.29, 1.82) is 0 Å². The maximum atomic E-state index is 12.9. The Morgan fingerprint density at radius 1 is 0.730 bits per heavy atom. The molecule has 1 heterocycles. The summed E-state index contributed by atoms with van der Waals surface area (Å²) in [6.07, 6.45) is 3.89. The zero-order valence-corrected chi connectivity index (χ0v) is 21.4. The molecule has 0 aliphatic rings. The number of methoxy groups -OCH3 is 1. The average molecular weight is 499 g/mol. The van der Waals surface area contributed by atoms with Gasteiger partial charge in [0.2, 0.25) is 0 Å². The van der Waals surface area contributed by atoms with Gasteiger partial charge in [-0.05, 0) is 58.5 Å². The van der Waals surface area contributed by atoms with E-state index < -0.39 is 10.0 Å². The smallest absolute Gasteiger partial charge is 0.571 e. The largest absolute Gasteiger partial charge is 1.00 e. The van der Waals surface area contributed by atoms with E-state index in [2.05, 4.69) is 41.1 Å². The Morgan fingerprint density at radius 3 is 2.14 bits per heavy atom. The first-order valence-corrected chi connectivity index (χ1v) is 12.8. The number of hydrogen-bond donors (Lipinski definition) is 0. The maximum absolute atomic E-state index is 12.9. The van der Waals surface area contributed by atoms with Gasteiger partial charge in [-0.1, -0.05) is 84.9 Å². The van der Waals surface area contributed by atoms with E-state index in [4.69, 9.17) is 9.72 Å². The summed E-state index contributed by atoms with van der Waals surface area (Å²) < 4.78 is 35.0. The predicted octanol–water partition coefficient (Wildman–Crippen LogP) is 4.48. The van der Waals surface area contributed by atoms with Crippen LogP contribution in [0.15, 0.2) is 114 Å². The second-order valence-electron chi connectivity index (χ2n) is 8.15. The van der Waals surface area contributed by atoms with E-state index in [0.29, 0.717) is 22.6 Å². The molecule has 0 bridgehead atoms. The summed E-state index contributed by atoms with van der Waals surface area (Å²) in [5, 5.41) is 0.811. The van der Waals surface area contributed by atoms with Crippen molar-refractivity contribution in [3.05, 3.63) is 125 Å². The molecule has 1 aromatic heterocycles. The quantitative estimate of drug-likeness (QED) is 0.310. The fraction of sp³-hybridized carbons (Fsp3) is 0.0333. The molecule has 178 valence electrons. The number of benzene rings is 4. The molecule has 37 heavy (non-hydrogen) atoms. The molecule has 4 aromatic carbocycles. The van der Waals surface area contributed by atoms with Gasteiger partial charge in [-0.2, -0.15) is 0 Å². The number of hydrogen-bond acceptors (Lipinski definition) is 4. The van der Waals surface area contributed by atoms with Crippen LogP contribution in [0, 0.1) is 0 Å². The molecule has 5 nitrogen and oxygen atoms in total. The molecule has 5 aromatic rings. The minimum absolute atomic E-state index is 0. The van der Waals surface area contributed by atoms with Crippen molar-refractivity contribution in [1.82, 2.24) is 4.98 Å². The second kappa shape index (κ2) is 11.5. The van der Waals surface area contributed by atoms with Crippen LogP contribution in [0.4, 0.5) is 5.69 Å². The number of fused-ring (bicyclic) bond motifs is 1. The predicted molar refractivity (Wildman–Crippen MR) is 146 cm³/mol. The molecule has 0 saturated heterocycles. The van der Waals surface area contributed by atoms with Crippen molar-refractivity contribution in [2.75, 3.05) is 7.11 Å². The van der Waals surface area contributed by atoms with Gasteiger partial charge in [0.15, 0.2) is 0 Å². The van der Waals surface area contributed by atoms with E-state index in [1.54, 1.807) is 24.3 Å². The van der Waals surface area contributed by atoms with Gasteiger partial charge >= 0.3 is 18.9 Å². The third kappa shape index (κ3) is 6.12. The summed E-state index contributed by atoms with van der Waals surface area (Å²) in [6, 6.07) is 33.8. The number of sulfonamides is 1. The molecule has 0 saturated carbocycles. The Labute approximate surface area is 229 Å². The van der Waals surface area contributed by atoms with Crippen molar-refractivity contribution < 1.29 is 32.0 Å². The number of nitrogens with zero attached hydrogens (tertiary/aromatic N) is 2. The van der Waals surface area contributed by atoms with Crippen LogP contribution in [0.3, 0.4) is 0 Å². The van der Waals surface area contributed by atoms with Crippen molar-refractivity contribution in [3.63, 3.8) is 0 Å². The summed E-state index contributed by atoms with van der Waals surface area (Å²) in [5.74, 6) is 0.576. The molecule has 0 radical (unpaired) electrons. The van der Waals surface area contributed by atoms with Gasteiger partial charge in [0.05, 0.1) is 23.2 Å². The van der Waals surface area contributed by atoms with Crippen molar-refractivity contribution in [2.45, 2.75) is 4.90 Å². The van der Waals surface area contributed by atoms with Crippen LogP contribution in [0.2, 0.25) is 0 Å². The molecule has 0 N–H and O–H groups in total. The number of pyridine rings is 1. The van der Waals surface area contributed by atoms with Crippen LogP contribution in [0.25, 0.3) is 38.9 Å². The fourth-order valence-corrected chi connectivity index (χ4v) is 4.83. The Balaban J connectivity index is 0.00000320. The third-order valence-corrected chi connectivity index (χ3v) is 7.07. The molecular weight excluding hydrogens is 475 g/mol. The standard InChI is InChI=1S/C30H23N2O3S.Li/c1-35-27-18-20-28(21-19-27)36(33,34)32-29-9-5-8-25-15-17-26(31-30(25)29)16-12-22-10-13-24(14-11-22)23-6-3-2-4-7-23;/h2-21H,1H3;/q-1;+1. The number of aromatic nitrogens is 1. The SMILES string of the molecule is COc1ccc(S(=O)(=O)[N-]c2cccc3ccc(C=Cc4ccc(-c5ccccc5)cc4)nc23)cc1.[Li+]. The molecule has 5 rings (SSSR count). The van der Waals surface area contributed by atoms with Crippen LogP contribution < -0.4 is 23.6 Å².